The van der Waals surface area contributed by atoms with Gasteiger partial charge in [-0.25, -0.2) is 4.79 Å². The van der Waals surface area contributed by atoms with Crippen molar-refractivity contribution in [2.24, 2.45) is 0 Å². The van der Waals surface area contributed by atoms with Crippen LogP contribution in [-0.2, 0) is 4.79 Å². The van der Waals surface area contributed by atoms with E-state index in [4.69, 9.17) is 9.84 Å². The summed E-state index contributed by atoms with van der Waals surface area (Å²) in [7, 11) is 0. The molecular formula is C16H21NO4. The van der Waals surface area contributed by atoms with Gasteiger partial charge in [-0.1, -0.05) is 37.8 Å². The maximum absolute atomic E-state index is 11.9. The van der Waals surface area contributed by atoms with Crippen molar-refractivity contribution in [1.29, 1.82) is 0 Å². The van der Waals surface area contributed by atoms with Crippen molar-refractivity contribution in [3.05, 3.63) is 29.8 Å². The molecule has 0 bridgehead atoms. The normalized spacial score (nSPS) is 16.0. The van der Waals surface area contributed by atoms with Crippen LogP contribution in [0.5, 0.6) is 5.75 Å². The lowest BCUT2D eigenvalue weighted by molar-refractivity contribution is -0.123. The number of hydrogen-bond acceptors (Lipinski definition) is 3. The number of para-hydroxylation sites is 1. The van der Waals surface area contributed by atoms with Crippen LogP contribution < -0.4 is 10.1 Å². The van der Waals surface area contributed by atoms with E-state index in [-0.39, 0.29) is 29.9 Å². The first-order valence-corrected chi connectivity index (χ1v) is 7.41. The summed E-state index contributed by atoms with van der Waals surface area (Å²) in [5, 5.41) is 12.0. The fourth-order valence-electron chi connectivity index (χ4n) is 2.61. The Morgan fingerprint density at radius 3 is 2.48 bits per heavy atom. The molecule has 2 rings (SSSR count). The van der Waals surface area contributed by atoms with Crippen LogP contribution in [0.1, 0.15) is 48.9 Å². The zero-order chi connectivity index (χ0) is 15.1. The number of carboxylic acid groups (broad SMARTS) is 1. The average molecular weight is 291 g/mol. The van der Waals surface area contributed by atoms with Gasteiger partial charge in [-0.15, -0.1) is 0 Å². The first-order valence-electron chi connectivity index (χ1n) is 7.41. The summed E-state index contributed by atoms with van der Waals surface area (Å²) < 4.78 is 5.34. The fourth-order valence-corrected chi connectivity index (χ4v) is 2.61. The first kappa shape index (κ1) is 15.4. The maximum Gasteiger partial charge on any atom is 0.339 e. The highest BCUT2D eigenvalue weighted by Gasteiger charge is 2.16. The number of carbonyl (C=O) groups excluding carboxylic acids is 1. The predicted octanol–water partition coefficient (Wildman–Crippen LogP) is 2.60. The molecule has 21 heavy (non-hydrogen) atoms. The lowest BCUT2D eigenvalue weighted by Gasteiger charge is -2.16. The van der Waals surface area contributed by atoms with Gasteiger partial charge in [0.25, 0.3) is 5.91 Å². The van der Waals surface area contributed by atoms with E-state index >= 15 is 0 Å². The van der Waals surface area contributed by atoms with E-state index in [0.717, 1.165) is 25.7 Å². The van der Waals surface area contributed by atoms with Crippen molar-refractivity contribution < 1.29 is 19.4 Å². The molecule has 1 aliphatic rings. The molecule has 5 heteroatoms. The number of ether oxygens (including phenoxy) is 1. The van der Waals surface area contributed by atoms with Gasteiger partial charge in [-0.05, 0) is 25.0 Å². The Morgan fingerprint density at radius 1 is 1.14 bits per heavy atom. The van der Waals surface area contributed by atoms with Gasteiger partial charge in [0.05, 0.1) is 0 Å². The summed E-state index contributed by atoms with van der Waals surface area (Å²) >= 11 is 0. The Bertz CT molecular complexity index is 493. The lowest BCUT2D eigenvalue weighted by Crippen LogP contribution is -2.37. The molecule has 2 N–H and O–H groups in total. The molecule has 5 nitrogen and oxygen atoms in total. The van der Waals surface area contributed by atoms with Crippen molar-refractivity contribution in [1.82, 2.24) is 5.32 Å². The minimum absolute atomic E-state index is 0.0692. The molecule has 0 heterocycles. The van der Waals surface area contributed by atoms with Crippen LogP contribution in [0.15, 0.2) is 24.3 Å². The quantitative estimate of drug-likeness (QED) is 0.818. The van der Waals surface area contributed by atoms with Crippen molar-refractivity contribution >= 4 is 11.9 Å². The van der Waals surface area contributed by atoms with E-state index < -0.39 is 5.97 Å². The van der Waals surface area contributed by atoms with Crippen LogP contribution in [0.2, 0.25) is 0 Å². The van der Waals surface area contributed by atoms with E-state index in [1.807, 2.05) is 0 Å². The Labute approximate surface area is 124 Å². The maximum atomic E-state index is 11.9. The van der Waals surface area contributed by atoms with Gasteiger partial charge in [0.15, 0.2) is 6.61 Å². The largest absolute Gasteiger partial charge is 0.483 e. The van der Waals surface area contributed by atoms with E-state index in [1.165, 1.54) is 18.9 Å². The summed E-state index contributed by atoms with van der Waals surface area (Å²) in [4.78, 5) is 22.9. The van der Waals surface area contributed by atoms with Gasteiger partial charge in [-0.2, -0.15) is 0 Å². The molecule has 0 atom stereocenters. The number of amides is 1. The number of rotatable bonds is 5. The SMILES string of the molecule is O=C(COc1ccccc1C(=O)O)NC1CCCCCC1. The van der Waals surface area contributed by atoms with E-state index in [1.54, 1.807) is 18.2 Å². The molecule has 0 spiro atoms. The number of nitrogens with one attached hydrogen (secondary N) is 1. The summed E-state index contributed by atoms with van der Waals surface area (Å²) in [6.07, 6.45) is 6.78. The highest BCUT2D eigenvalue weighted by molar-refractivity contribution is 5.91. The molecule has 1 aromatic carbocycles. The summed E-state index contributed by atoms with van der Waals surface area (Å²) in [6, 6.07) is 6.55. The minimum atomic E-state index is -1.06. The Morgan fingerprint density at radius 2 is 1.81 bits per heavy atom. The van der Waals surface area contributed by atoms with Crippen molar-refractivity contribution in [2.45, 2.75) is 44.6 Å². The molecule has 114 valence electrons. The zero-order valence-electron chi connectivity index (χ0n) is 12.0. The molecule has 1 aliphatic carbocycles. The molecule has 1 saturated carbocycles. The summed E-state index contributed by atoms with van der Waals surface area (Å²) in [6.45, 7) is -0.152. The van der Waals surface area contributed by atoms with E-state index in [2.05, 4.69) is 5.32 Å². The summed E-state index contributed by atoms with van der Waals surface area (Å²) in [5.41, 5.74) is 0.0692. The van der Waals surface area contributed by atoms with Crippen molar-refractivity contribution in [3.63, 3.8) is 0 Å². The third-order valence-corrected chi connectivity index (χ3v) is 3.70. The number of carbonyl (C=O) groups is 2. The van der Waals surface area contributed by atoms with Gasteiger partial charge < -0.3 is 15.2 Å². The Balaban J connectivity index is 1.85. The van der Waals surface area contributed by atoms with Crippen molar-refractivity contribution in [3.8, 4) is 5.75 Å². The monoisotopic (exact) mass is 291 g/mol. The topological polar surface area (TPSA) is 75.6 Å². The highest BCUT2D eigenvalue weighted by atomic mass is 16.5. The highest BCUT2D eigenvalue weighted by Crippen LogP contribution is 2.18. The second kappa shape index (κ2) is 7.67. The van der Waals surface area contributed by atoms with Gasteiger partial charge in [-0.3, -0.25) is 4.79 Å². The second-order valence-corrected chi connectivity index (χ2v) is 5.35. The van der Waals surface area contributed by atoms with Crippen LogP contribution in [0.25, 0.3) is 0 Å². The third-order valence-electron chi connectivity index (χ3n) is 3.70. The number of carboxylic acids is 1. The smallest absolute Gasteiger partial charge is 0.339 e. The molecule has 0 saturated heterocycles. The fraction of sp³-hybridized carbons (Fsp3) is 0.500. The standard InChI is InChI=1S/C16H21NO4/c18-15(17-12-7-3-1-2-4-8-12)11-21-14-10-6-5-9-13(14)16(19)20/h5-6,9-10,12H,1-4,7-8,11H2,(H,17,18)(H,19,20). The Hall–Kier alpha value is -2.04. The van der Waals surface area contributed by atoms with Gasteiger partial charge in [0.2, 0.25) is 0 Å². The van der Waals surface area contributed by atoms with Crippen LogP contribution in [0, 0.1) is 0 Å². The molecule has 1 amide bonds. The molecule has 0 radical (unpaired) electrons. The third kappa shape index (κ3) is 4.77. The average Bonchev–Trinajstić information content (AvgIpc) is 2.74. The Kier molecular flexibility index (Phi) is 5.60. The number of aromatic carboxylic acids is 1. The van der Waals surface area contributed by atoms with Crippen LogP contribution in [0.3, 0.4) is 0 Å². The molecule has 0 aromatic heterocycles. The molecule has 1 aromatic rings. The minimum Gasteiger partial charge on any atom is -0.483 e. The molecule has 1 fully saturated rings. The second-order valence-electron chi connectivity index (χ2n) is 5.35. The van der Waals surface area contributed by atoms with Gasteiger partial charge in [0.1, 0.15) is 11.3 Å². The van der Waals surface area contributed by atoms with E-state index in [9.17, 15) is 9.59 Å². The van der Waals surface area contributed by atoms with Crippen LogP contribution >= 0.6 is 0 Å². The predicted molar refractivity (Wildman–Crippen MR) is 78.5 cm³/mol. The van der Waals surface area contributed by atoms with E-state index in [0.29, 0.717) is 0 Å². The van der Waals surface area contributed by atoms with Gasteiger partial charge >= 0.3 is 5.97 Å². The van der Waals surface area contributed by atoms with Crippen molar-refractivity contribution in [2.75, 3.05) is 6.61 Å². The number of hydrogen-bond donors (Lipinski definition) is 2. The molecular weight excluding hydrogens is 270 g/mol. The van der Waals surface area contributed by atoms with Crippen LogP contribution in [-0.4, -0.2) is 29.6 Å². The van der Waals surface area contributed by atoms with Crippen LogP contribution in [0.4, 0.5) is 0 Å². The number of benzene rings is 1. The summed E-state index contributed by atoms with van der Waals surface area (Å²) in [5.74, 6) is -1.03. The lowest BCUT2D eigenvalue weighted by atomic mass is 10.1. The molecule has 0 unspecified atom stereocenters. The molecule has 0 aliphatic heterocycles. The first-order chi connectivity index (χ1) is 10.2. The van der Waals surface area contributed by atoms with Gasteiger partial charge in [0, 0.05) is 6.04 Å². The zero-order valence-corrected chi connectivity index (χ0v) is 12.0.